The maximum atomic E-state index is 7.31. The Bertz CT molecular complexity index is 3930. The Labute approximate surface area is 481 Å². The van der Waals surface area contributed by atoms with Crippen LogP contribution in [-0.4, -0.2) is 0 Å². The summed E-state index contributed by atoms with van der Waals surface area (Å²) in [6, 6.07) is 114. The monoisotopic (exact) mass is 1040 g/mol. The van der Waals surface area contributed by atoms with Crippen molar-refractivity contribution in [2.24, 2.45) is 0 Å². The summed E-state index contributed by atoms with van der Waals surface area (Å²) in [5, 5.41) is 0. The summed E-state index contributed by atoms with van der Waals surface area (Å²) in [7, 11) is 0. The lowest BCUT2D eigenvalue weighted by atomic mass is 9.65. The molecule has 1 heteroatoms. The van der Waals surface area contributed by atoms with Crippen LogP contribution in [0, 0.1) is 0 Å². The van der Waals surface area contributed by atoms with Crippen LogP contribution in [0.5, 0.6) is 11.5 Å². The smallest absolute Gasteiger partial charge is 0.132 e. The third kappa shape index (κ3) is 9.45. The molecule has 1 aliphatic carbocycles. The van der Waals surface area contributed by atoms with Gasteiger partial charge in [0, 0.05) is 11.1 Å². The Hall–Kier alpha value is -10.6. The van der Waals surface area contributed by atoms with Gasteiger partial charge in [0.05, 0.1) is 5.41 Å². The molecule has 0 aromatic heterocycles. The number of rotatable bonds is 12. The predicted molar refractivity (Wildman–Crippen MR) is 343 cm³/mol. The molecule has 0 unspecified atom stereocenters. The molecular formula is C81H56O. The summed E-state index contributed by atoms with van der Waals surface area (Å²) in [5.41, 5.74) is 24.3. The molecule has 0 radical (unpaired) electrons. The van der Waals surface area contributed by atoms with Gasteiger partial charge in [0.15, 0.2) is 0 Å². The van der Waals surface area contributed by atoms with E-state index in [0.29, 0.717) is 0 Å². The summed E-state index contributed by atoms with van der Waals surface area (Å²) >= 11 is 0. The maximum absolute atomic E-state index is 7.31. The zero-order chi connectivity index (χ0) is 54.7. The molecule has 0 atom stereocenters. The van der Waals surface area contributed by atoms with Crippen molar-refractivity contribution in [3.05, 3.63) is 404 Å². The van der Waals surface area contributed by atoms with Crippen molar-refractivity contribution < 1.29 is 4.74 Å². The molecule has 0 fully saturated rings. The Morgan fingerprint density at radius 3 is 0.659 bits per heavy atom. The first-order valence-corrected chi connectivity index (χ1v) is 28.2. The summed E-state index contributed by atoms with van der Waals surface area (Å²) < 4.78 is 7.31. The van der Waals surface area contributed by atoms with E-state index in [1.165, 1.54) is 22.3 Å². The first kappa shape index (κ1) is 49.7. The summed E-state index contributed by atoms with van der Waals surface area (Å²) in [5.74, 6) is 1.65. The molecule has 1 aliphatic heterocycles. The van der Waals surface area contributed by atoms with E-state index in [0.717, 1.165) is 112 Å². The van der Waals surface area contributed by atoms with Gasteiger partial charge in [-0.25, -0.2) is 0 Å². The van der Waals surface area contributed by atoms with Gasteiger partial charge in [-0.15, -0.1) is 0 Å². The van der Waals surface area contributed by atoms with Crippen LogP contribution in [0.2, 0.25) is 0 Å². The minimum Gasteiger partial charge on any atom is -0.457 e. The first-order chi connectivity index (χ1) is 40.6. The minimum absolute atomic E-state index is 0.826. The Morgan fingerprint density at radius 1 is 0.220 bits per heavy atom. The number of benzene rings is 12. The maximum Gasteiger partial charge on any atom is 0.132 e. The Balaban J connectivity index is 1.08. The van der Waals surface area contributed by atoms with Gasteiger partial charge in [0.2, 0.25) is 0 Å². The van der Waals surface area contributed by atoms with E-state index in [2.05, 4.69) is 340 Å². The van der Waals surface area contributed by atoms with Gasteiger partial charge < -0.3 is 4.74 Å². The molecule has 82 heavy (non-hydrogen) atoms. The highest BCUT2D eigenvalue weighted by molar-refractivity contribution is 5.98. The topological polar surface area (TPSA) is 9.23 Å². The van der Waals surface area contributed by atoms with Gasteiger partial charge in [0.1, 0.15) is 11.5 Å². The van der Waals surface area contributed by atoms with Crippen molar-refractivity contribution in [3.8, 4) is 22.6 Å². The Morgan fingerprint density at radius 2 is 0.427 bits per heavy atom. The molecule has 0 saturated carbocycles. The van der Waals surface area contributed by atoms with Crippen LogP contribution >= 0.6 is 0 Å². The molecule has 2 aliphatic rings. The molecule has 0 saturated heterocycles. The molecule has 0 amide bonds. The van der Waals surface area contributed by atoms with E-state index < -0.39 is 5.41 Å². The van der Waals surface area contributed by atoms with Crippen molar-refractivity contribution in [3.63, 3.8) is 0 Å². The standard InChI is InChI=1S/C81H56O/c1-9-25-61(26-10-1)71(62-27-11-2-12-28-62)49-57-41-45-69-70-46-42-58(50-72(63-29-13-3-14-30-63)64-31-15-4-16-32-64)54-76(70)81(75(69)53-57)77-55-59(51-73(65-33-17-5-18-34-65)66-35-19-6-20-36-66)43-47-79(77)82-80-48-44-60(56-78(80)81)52-74(67-37-21-7-22-38-67)68-39-23-8-24-40-68/h1-56H. The normalized spacial score (nSPS) is 12.1. The van der Waals surface area contributed by atoms with Gasteiger partial charge in [0.25, 0.3) is 0 Å². The van der Waals surface area contributed by atoms with Crippen molar-refractivity contribution in [2.45, 2.75) is 5.41 Å². The van der Waals surface area contributed by atoms with E-state index in [9.17, 15) is 0 Å². The largest absolute Gasteiger partial charge is 0.457 e. The van der Waals surface area contributed by atoms with Crippen molar-refractivity contribution in [1.29, 1.82) is 0 Å². The van der Waals surface area contributed by atoms with Crippen LogP contribution in [-0.2, 0) is 5.41 Å². The summed E-state index contributed by atoms with van der Waals surface area (Å²) in [6.07, 6.45) is 9.46. The fraction of sp³-hybridized carbons (Fsp3) is 0.0123. The molecule has 14 rings (SSSR count). The lowest BCUT2D eigenvalue weighted by Gasteiger charge is -2.40. The zero-order valence-electron chi connectivity index (χ0n) is 45.2. The molecule has 1 heterocycles. The van der Waals surface area contributed by atoms with Gasteiger partial charge in [-0.2, -0.15) is 0 Å². The molecule has 0 bridgehead atoms. The molecule has 12 aromatic carbocycles. The third-order valence-corrected chi connectivity index (χ3v) is 16.1. The van der Waals surface area contributed by atoms with E-state index in [1.54, 1.807) is 0 Å². The number of hydrogen-bond acceptors (Lipinski definition) is 1. The highest BCUT2D eigenvalue weighted by Crippen LogP contribution is 2.63. The van der Waals surface area contributed by atoms with Gasteiger partial charge in [-0.05, 0) is 172 Å². The van der Waals surface area contributed by atoms with Crippen LogP contribution in [0.4, 0.5) is 0 Å². The third-order valence-electron chi connectivity index (χ3n) is 16.1. The fourth-order valence-corrected chi connectivity index (χ4v) is 12.4. The van der Waals surface area contributed by atoms with Gasteiger partial charge in [-0.3, -0.25) is 0 Å². The van der Waals surface area contributed by atoms with E-state index in [1.807, 2.05) is 0 Å². The summed E-state index contributed by atoms with van der Waals surface area (Å²) in [6.45, 7) is 0. The Kier molecular flexibility index (Phi) is 13.3. The second kappa shape index (κ2) is 21.9. The molecule has 0 N–H and O–H groups in total. The number of hydrogen-bond donors (Lipinski definition) is 0. The fourth-order valence-electron chi connectivity index (χ4n) is 12.4. The second-order valence-corrected chi connectivity index (χ2v) is 21.1. The molecule has 12 aromatic rings. The first-order valence-electron chi connectivity index (χ1n) is 28.2. The molecule has 386 valence electrons. The highest BCUT2D eigenvalue weighted by atomic mass is 16.5. The van der Waals surface area contributed by atoms with Gasteiger partial charge in [-0.1, -0.05) is 279 Å². The van der Waals surface area contributed by atoms with E-state index >= 15 is 0 Å². The van der Waals surface area contributed by atoms with Crippen LogP contribution in [0.3, 0.4) is 0 Å². The van der Waals surface area contributed by atoms with E-state index in [4.69, 9.17) is 4.74 Å². The average molecular weight is 1050 g/mol. The van der Waals surface area contributed by atoms with Crippen LogP contribution in [0.25, 0.3) is 57.7 Å². The van der Waals surface area contributed by atoms with Crippen LogP contribution in [0.1, 0.15) is 89.0 Å². The minimum atomic E-state index is -0.867. The SMILES string of the molecule is C(=C(c1ccccc1)c1ccccc1)c1ccc2c(c1)C1(c3cc(C=C(c4ccccc4)c4ccccc4)ccc3O2)c2cc(C=C(c3ccccc3)c3ccccc3)ccc2-c2ccc(C=C(c3ccccc3)c3ccccc3)cc21. The highest BCUT2D eigenvalue weighted by Gasteiger charge is 2.51. The number of fused-ring (bicyclic) bond motifs is 9. The zero-order valence-corrected chi connectivity index (χ0v) is 45.2. The summed E-state index contributed by atoms with van der Waals surface area (Å²) in [4.78, 5) is 0. The van der Waals surface area contributed by atoms with Crippen molar-refractivity contribution in [1.82, 2.24) is 0 Å². The molecule has 1 spiro atoms. The van der Waals surface area contributed by atoms with Gasteiger partial charge >= 0.3 is 0 Å². The van der Waals surface area contributed by atoms with Crippen LogP contribution < -0.4 is 4.74 Å². The lowest BCUT2D eigenvalue weighted by molar-refractivity contribution is 0.436. The quantitative estimate of drug-likeness (QED) is 0.111. The average Bonchev–Trinajstić information content (AvgIpc) is 3.27. The number of ether oxygens (including phenoxy) is 1. The van der Waals surface area contributed by atoms with E-state index in [-0.39, 0.29) is 0 Å². The predicted octanol–water partition coefficient (Wildman–Crippen LogP) is 20.5. The molecular weight excluding hydrogens is 989 g/mol. The lowest BCUT2D eigenvalue weighted by Crippen LogP contribution is -2.32. The van der Waals surface area contributed by atoms with Crippen molar-refractivity contribution >= 4 is 46.6 Å². The second-order valence-electron chi connectivity index (χ2n) is 21.1. The molecule has 1 nitrogen and oxygen atoms in total. The van der Waals surface area contributed by atoms with Crippen molar-refractivity contribution in [2.75, 3.05) is 0 Å². The van der Waals surface area contributed by atoms with Crippen LogP contribution in [0.15, 0.2) is 315 Å².